The molecule has 0 spiro atoms. The first-order valence-electron chi connectivity index (χ1n) is 9.99. The zero-order valence-electron chi connectivity index (χ0n) is 17.9. The van der Waals surface area contributed by atoms with E-state index in [1.807, 2.05) is 38.1 Å². The number of nitrogen functional groups attached to an aromatic ring is 1. The van der Waals surface area contributed by atoms with E-state index in [1.165, 1.54) is 0 Å². The molecule has 5 N–H and O–H groups in total. The number of nitrogens with one attached hydrogen (secondary N) is 3. The van der Waals surface area contributed by atoms with Gasteiger partial charge >= 0.3 is 0 Å². The summed E-state index contributed by atoms with van der Waals surface area (Å²) in [5, 5.41) is 7.07. The lowest BCUT2D eigenvalue weighted by Crippen LogP contribution is -2.37. The number of anilines is 3. The highest BCUT2D eigenvalue weighted by Crippen LogP contribution is 2.29. The highest BCUT2D eigenvalue weighted by molar-refractivity contribution is 5.95. The quantitative estimate of drug-likeness (QED) is 0.382. The Labute approximate surface area is 184 Å². The van der Waals surface area contributed by atoms with Gasteiger partial charge in [0.05, 0.1) is 16.5 Å². The van der Waals surface area contributed by atoms with Gasteiger partial charge in [0.1, 0.15) is 5.82 Å². The zero-order chi connectivity index (χ0) is 22.9. The smallest absolute Gasteiger partial charge is 0.259 e. The third-order valence-electron chi connectivity index (χ3n) is 5.39. The number of likely N-dealkylation sites (N-methyl/N-ethyl adjacent to an activating group) is 1. The highest BCUT2D eigenvalue weighted by atomic mass is 16.2. The Morgan fingerprint density at radius 1 is 1.09 bits per heavy atom. The van der Waals surface area contributed by atoms with Gasteiger partial charge in [-0.2, -0.15) is 0 Å². The number of aromatic nitrogens is 4. The minimum absolute atomic E-state index is 0.0733. The van der Waals surface area contributed by atoms with E-state index >= 15 is 0 Å². The standard InChI is InChI=1S/C23H23N7O2/c1-23(2,21(32)25-3)15-4-6-16(7-5-15)29-19-18-13(8-9-26-20(18)31)10-17(30-19)14-11-27-22(24)28-12-14/h4-12H,1-3H3,(H,25,32)(H,26,31)(H,29,30)(H2,24,27,28). The molecule has 32 heavy (non-hydrogen) atoms. The first-order chi connectivity index (χ1) is 15.3. The predicted molar refractivity (Wildman–Crippen MR) is 125 cm³/mol. The fourth-order valence-corrected chi connectivity index (χ4v) is 3.47. The summed E-state index contributed by atoms with van der Waals surface area (Å²) in [7, 11) is 1.62. The van der Waals surface area contributed by atoms with E-state index in [2.05, 4.69) is 30.6 Å². The van der Waals surface area contributed by atoms with Crippen molar-refractivity contribution in [3.63, 3.8) is 0 Å². The number of hydrogen-bond acceptors (Lipinski definition) is 7. The Morgan fingerprint density at radius 3 is 2.44 bits per heavy atom. The minimum atomic E-state index is -0.676. The molecule has 1 amide bonds. The molecule has 0 bridgehead atoms. The number of nitrogens with two attached hydrogens (primary N) is 1. The van der Waals surface area contributed by atoms with Crippen molar-refractivity contribution in [3.05, 3.63) is 70.9 Å². The van der Waals surface area contributed by atoms with E-state index in [1.54, 1.807) is 37.8 Å². The SMILES string of the molecule is CNC(=O)C(C)(C)c1ccc(Nc2nc(-c3cnc(N)nc3)cc3cc[nH]c(=O)c23)cc1. The summed E-state index contributed by atoms with van der Waals surface area (Å²) in [5.41, 5.74) is 7.53. The van der Waals surface area contributed by atoms with Gasteiger partial charge in [0.15, 0.2) is 0 Å². The van der Waals surface area contributed by atoms with Crippen molar-refractivity contribution < 1.29 is 4.79 Å². The van der Waals surface area contributed by atoms with Gasteiger partial charge in [-0.05, 0) is 49.1 Å². The second-order valence-corrected chi connectivity index (χ2v) is 7.86. The van der Waals surface area contributed by atoms with Gasteiger partial charge < -0.3 is 21.4 Å². The molecule has 4 aromatic rings. The summed E-state index contributed by atoms with van der Waals surface area (Å²) >= 11 is 0. The van der Waals surface area contributed by atoms with E-state index in [4.69, 9.17) is 5.73 Å². The average molecular weight is 429 g/mol. The second kappa shape index (κ2) is 8.10. The third-order valence-corrected chi connectivity index (χ3v) is 5.39. The van der Waals surface area contributed by atoms with Gasteiger partial charge in [-0.3, -0.25) is 9.59 Å². The van der Waals surface area contributed by atoms with Crippen molar-refractivity contribution in [2.45, 2.75) is 19.3 Å². The highest BCUT2D eigenvalue weighted by Gasteiger charge is 2.28. The van der Waals surface area contributed by atoms with Crippen LogP contribution in [0.3, 0.4) is 0 Å². The van der Waals surface area contributed by atoms with Crippen LogP contribution in [0.1, 0.15) is 19.4 Å². The maximum atomic E-state index is 12.6. The molecule has 0 saturated heterocycles. The number of benzene rings is 1. The summed E-state index contributed by atoms with van der Waals surface area (Å²) in [6.45, 7) is 3.72. The van der Waals surface area contributed by atoms with Gasteiger partial charge in [-0.15, -0.1) is 0 Å². The van der Waals surface area contributed by atoms with Crippen LogP contribution < -0.4 is 21.9 Å². The van der Waals surface area contributed by atoms with Crippen molar-refractivity contribution in [3.8, 4) is 11.3 Å². The Bertz CT molecular complexity index is 1340. The second-order valence-electron chi connectivity index (χ2n) is 7.86. The first kappa shape index (κ1) is 21.0. The molecule has 0 saturated carbocycles. The number of pyridine rings is 2. The Morgan fingerprint density at radius 2 is 1.78 bits per heavy atom. The van der Waals surface area contributed by atoms with Gasteiger partial charge in [-0.25, -0.2) is 15.0 Å². The lowest BCUT2D eigenvalue weighted by molar-refractivity contribution is -0.125. The fraction of sp³-hybridized carbons (Fsp3) is 0.174. The van der Waals surface area contributed by atoms with Crippen LogP contribution in [0.2, 0.25) is 0 Å². The van der Waals surface area contributed by atoms with Crippen molar-refractivity contribution in [1.82, 2.24) is 25.3 Å². The first-order valence-corrected chi connectivity index (χ1v) is 9.99. The number of hydrogen-bond donors (Lipinski definition) is 4. The van der Waals surface area contributed by atoms with Crippen LogP contribution in [-0.4, -0.2) is 32.9 Å². The fourth-order valence-electron chi connectivity index (χ4n) is 3.47. The molecule has 3 heterocycles. The monoisotopic (exact) mass is 429 g/mol. The van der Waals surface area contributed by atoms with Crippen LogP contribution in [0.15, 0.2) is 59.8 Å². The molecule has 0 aliphatic heterocycles. The summed E-state index contributed by atoms with van der Waals surface area (Å²) in [6, 6.07) is 11.1. The number of aromatic amines is 1. The zero-order valence-corrected chi connectivity index (χ0v) is 17.9. The maximum absolute atomic E-state index is 12.6. The molecule has 9 heteroatoms. The molecular weight excluding hydrogens is 406 g/mol. The van der Waals surface area contributed by atoms with Gasteiger partial charge in [-0.1, -0.05) is 12.1 Å². The molecule has 1 aromatic carbocycles. The van der Waals surface area contributed by atoms with E-state index in [9.17, 15) is 9.59 Å². The van der Waals surface area contributed by atoms with Gasteiger partial charge in [0.2, 0.25) is 11.9 Å². The average Bonchev–Trinajstić information content (AvgIpc) is 2.79. The van der Waals surface area contributed by atoms with Gasteiger partial charge in [0, 0.05) is 36.9 Å². The third kappa shape index (κ3) is 3.87. The molecule has 0 unspecified atom stereocenters. The maximum Gasteiger partial charge on any atom is 0.259 e. The van der Waals surface area contributed by atoms with E-state index in [0.717, 1.165) is 16.6 Å². The number of H-pyrrole nitrogens is 1. The molecule has 4 rings (SSSR count). The molecule has 0 radical (unpaired) electrons. The van der Waals surface area contributed by atoms with Crippen molar-refractivity contribution in [2.75, 3.05) is 18.1 Å². The summed E-state index contributed by atoms with van der Waals surface area (Å²) in [6.07, 6.45) is 4.76. The normalized spacial score (nSPS) is 11.3. The number of amides is 1. The molecule has 0 aliphatic rings. The number of rotatable bonds is 5. The van der Waals surface area contributed by atoms with Crippen molar-refractivity contribution >= 4 is 34.1 Å². The van der Waals surface area contributed by atoms with Crippen LogP contribution in [0.4, 0.5) is 17.5 Å². The van der Waals surface area contributed by atoms with Crippen molar-refractivity contribution in [2.24, 2.45) is 0 Å². The van der Waals surface area contributed by atoms with Gasteiger partial charge in [0.25, 0.3) is 5.56 Å². The van der Waals surface area contributed by atoms with E-state index < -0.39 is 5.41 Å². The predicted octanol–water partition coefficient (Wildman–Crippen LogP) is 2.73. The number of fused-ring (bicyclic) bond motifs is 1. The number of carbonyl (C=O) groups excluding carboxylic acids is 1. The molecule has 0 atom stereocenters. The molecule has 0 aliphatic carbocycles. The largest absolute Gasteiger partial charge is 0.368 e. The molecule has 3 aromatic heterocycles. The van der Waals surface area contributed by atoms with Crippen LogP contribution in [0.5, 0.6) is 0 Å². The molecule has 9 nitrogen and oxygen atoms in total. The van der Waals surface area contributed by atoms with Crippen molar-refractivity contribution in [1.29, 1.82) is 0 Å². The summed E-state index contributed by atoms with van der Waals surface area (Å²) in [5.74, 6) is 0.495. The minimum Gasteiger partial charge on any atom is -0.368 e. The van der Waals surface area contributed by atoms with Crippen LogP contribution in [0, 0.1) is 0 Å². The number of nitrogens with zero attached hydrogens (tertiary/aromatic N) is 3. The molecular formula is C23H23N7O2. The number of carbonyl (C=O) groups is 1. The molecule has 0 fully saturated rings. The molecule has 162 valence electrons. The topological polar surface area (TPSA) is 139 Å². The van der Waals surface area contributed by atoms with Crippen LogP contribution in [-0.2, 0) is 10.2 Å². The Kier molecular flexibility index (Phi) is 5.31. The Hall–Kier alpha value is -4.27. The van der Waals surface area contributed by atoms with E-state index in [-0.39, 0.29) is 17.4 Å². The summed E-state index contributed by atoms with van der Waals surface area (Å²) < 4.78 is 0. The van der Waals surface area contributed by atoms with E-state index in [0.29, 0.717) is 22.5 Å². The summed E-state index contributed by atoms with van der Waals surface area (Å²) in [4.78, 5) is 40.1. The lowest BCUT2D eigenvalue weighted by Gasteiger charge is -2.23. The lowest BCUT2D eigenvalue weighted by atomic mass is 9.83. The van der Waals surface area contributed by atoms with Crippen LogP contribution in [0.25, 0.3) is 22.0 Å². The Balaban J connectivity index is 1.76. The van der Waals surface area contributed by atoms with Crippen LogP contribution >= 0.6 is 0 Å².